The molecule has 0 aliphatic carbocycles. The van der Waals surface area contributed by atoms with Gasteiger partial charge in [-0.05, 0) is 31.4 Å². The number of aromatic nitrogens is 1. The van der Waals surface area contributed by atoms with Crippen molar-refractivity contribution in [3.05, 3.63) is 24.0 Å². The predicted octanol–water partition coefficient (Wildman–Crippen LogP) is 1.52. The van der Waals surface area contributed by atoms with Gasteiger partial charge in [0.15, 0.2) is 0 Å². The van der Waals surface area contributed by atoms with Gasteiger partial charge in [0.25, 0.3) is 0 Å². The molecule has 1 N–H and O–H groups in total. The lowest BCUT2D eigenvalue weighted by molar-refractivity contribution is -0.131. The van der Waals surface area contributed by atoms with Crippen molar-refractivity contribution in [1.82, 2.24) is 14.8 Å². The van der Waals surface area contributed by atoms with Gasteiger partial charge in [0.05, 0.1) is 0 Å². The number of rotatable bonds is 5. The van der Waals surface area contributed by atoms with Crippen molar-refractivity contribution in [3.8, 4) is 0 Å². The number of amides is 1. The van der Waals surface area contributed by atoms with Gasteiger partial charge >= 0.3 is 0 Å². The molecule has 1 aromatic heterocycles. The number of nitrogens with zero attached hydrogens (tertiary/aromatic N) is 2. The first-order valence-corrected chi connectivity index (χ1v) is 6.86. The lowest BCUT2D eigenvalue weighted by atomic mass is 10.1. The van der Waals surface area contributed by atoms with Gasteiger partial charge < -0.3 is 14.8 Å². The number of carbonyl (C=O) groups excluding carboxylic acids is 1. The van der Waals surface area contributed by atoms with Crippen LogP contribution in [0.2, 0.25) is 0 Å². The van der Waals surface area contributed by atoms with E-state index in [1.807, 2.05) is 24.2 Å². The zero-order valence-electron chi connectivity index (χ0n) is 11.2. The number of hydrogen-bond acceptors (Lipinski definition) is 2. The first kappa shape index (κ1) is 13.1. The summed E-state index contributed by atoms with van der Waals surface area (Å²) in [7, 11) is 2.04. The van der Waals surface area contributed by atoms with E-state index < -0.39 is 0 Å². The molecule has 2 heterocycles. The SMILES string of the molecule is Cn1cccc1CNCCC(=O)N1CCCCC1. The second-order valence-corrected chi connectivity index (χ2v) is 4.98. The monoisotopic (exact) mass is 249 g/mol. The molecule has 1 fully saturated rings. The molecule has 0 atom stereocenters. The molecule has 4 nitrogen and oxygen atoms in total. The summed E-state index contributed by atoms with van der Waals surface area (Å²) in [6.45, 7) is 3.50. The minimum absolute atomic E-state index is 0.300. The van der Waals surface area contributed by atoms with Crippen LogP contribution in [0.4, 0.5) is 0 Å². The normalized spacial score (nSPS) is 15.9. The summed E-state index contributed by atoms with van der Waals surface area (Å²) in [6.07, 6.45) is 6.26. The zero-order chi connectivity index (χ0) is 12.8. The number of piperidine rings is 1. The smallest absolute Gasteiger partial charge is 0.223 e. The van der Waals surface area contributed by atoms with Crippen LogP contribution in [0.25, 0.3) is 0 Å². The van der Waals surface area contributed by atoms with Crippen LogP contribution in [0, 0.1) is 0 Å². The molecule has 0 saturated carbocycles. The maximum atomic E-state index is 11.9. The largest absolute Gasteiger partial charge is 0.353 e. The molecule has 1 aromatic rings. The maximum absolute atomic E-state index is 11.9. The van der Waals surface area contributed by atoms with Gasteiger partial charge in [0.1, 0.15) is 0 Å². The summed E-state index contributed by atoms with van der Waals surface area (Å²) in [5.41, 5.74) is 1.25. The second-order valence-electron chi connectivity index (χ2n) is 4.98. The number of nitrogens with one attached hydrogen (secondary N) is 1. The fraction of sp³-hybridized carbons (Fsp3) is 0.643. The molecule has 18 heavy (non-hydrogen) atoms. The molecular weight excluding hydrogens is 226 g/mol. The van der Waals surface area contributed by atoms with Crippen LogP contribution >= 0.6 is 0 Å². The highest BCUT2D eigenvalue weighted by molar-refractivity contribution is 5.76. The lowest BCUT2D eigenvalue weighted by Crippen LogP contribution is -2.37. The van der Waals surface area contributed by atoms with Crippen molar-refractivity contribution in [2.24, 2.45) is 7.05 Å². The van der Waals surface area contributed by atoms with E-state index in [1.165, 1.54) is 25.0 Å². The molecule has 100 valence electrons. The predicted molar refractivity (Wildman–Crippen MR) is 72.2 cm³/mol. The Balaban J connectivity index is 1.63. The Morgan fingerprint density at radius 3 is 2.78 bits per heavy atom. The molecule has 0 aromatic carbocycles. The molecule has 1 aliphatic rings. The standard InChI is InChI=1S/C14H23N3O/c1-16-9-5-6-13(16)12-15-8-7-14(18)17-10-3-2-4-11-17/h5-6,9,15H,2-4,7-8,10-12H2,1H3. The van der Waals surface area contributed by atoms with Gasteiger partial charge in [0.2, 0.25) is 5.91 Å². The van der Waals surface area contributed by atoms with Crippen molar-refractivity contribution < 1.29 is 4.79 Å². The van der Waals surface area contributed by atoms with Crippen LogP contribution < -0.4 is 5.32 Å². The Labute approximate surface area is 109 Å². The average Bonchev–Trinajstić information content (AvgIpc) is 2.81. The Hall–Kier alpha value is -1.29. The van der Waals surface area contributed by atoms with Gasteiger partial charge in [-0.2, -0.15) is 0 Å². The Bertz CT molecular complexity index is 380. The molecule has 4 heteroatoms. The summed E-state index contributed by atoms with van der Waals surface area (Å²) in [4.78, 5) is 13.9. The number of likely N-dealkylation sites (tertiary alicyclic amines) is 1. The zero-order valence-corrected chi connectivity index (χ0v) is 11.2. The Morgan fingerprint density at radius 2 is 2.11 bits per heavy atom. The highest BCUT2D eigenvalue weighted by atomic mass is 16.2. The molecular formula is C14H23N3O. The fourth-order valence-electron chi connectivity index (χ4n) is 2.39. The van der Waals surface area contributed by atoms with Crippen LogP contribution in [-0.2, 0) is 18.4 Å². The second kappa shape index (κ2) is 6.59. The molecule has 0 bridgehead atoms. The third-order valence-corrected chi connectivity index (χ3v) is 3.58. The van der Waals surface area contributed by atoms with Crippen molar-refractivity contribution >= 4 is 5.91 Å². The van der Waals surface area contributed by atoms with Crippen molar-refractivity contribution in [2.75, 3.05) is 19.6 Å². The van der Waals surface area contributed by atoms with Crippen molar-refractivity contribution in [2.45, 2.75) is 32.2 Å². The first-order valence-electron chi connectivity index (χ1n) is 6.86. The fourth-order valence-corrected chi connectivity index (χ4v) is 2.39. The first-order chi connectivity index (χ1) is 8.77. The van der Waals surface area contributed by atoms with Gasteiger partial charge in [-0.1, -0.05) is 0 Å². The van der Waals surface area contributed by atoms with E-state index in [0.29, 0.717) is 12.3 Å². The minimum Gasteiger partial charge on any atom is -0.353 e. The number of aryl methyl sites for hydroxylation is 1. The van der Waals surface area contributed by atoms with Crippen molar-refractivity contribution in [3.63, 3.8) is 0 Å². The molecule has 1 aliphatic heterocycles. The van der Waals surface area contributed by atoms with Crippen LogP contribution in [0.5, 0.6) is 0 Å². The third-order valence-electron chi connectivity index (χ3n) is 3.58. The van der Waals surface area contributed by atoms with Gasteiger partial charge in [-0.3, -0.25) is 4.79 Å². The number of carbonyl (C=O) groups is 1. The molecule has 1 saturated heterocycles. The minimum atomic E-state index is 0.300. The van der Waals surface area contributed by atoms with E-state index in [2.05, 4.69) is 16.0 Å². The Morgan fingerprint density at radius 1 is 1.33 bits per heavy atom. The summed E-state index contributed by atoms with van der Waals surface area (Å²) in [6, 6.07) is 4.13. The van der Waals surface area contributed by atoms with E-state index in [0.717, 1.165) is 26.2 Å². The quantitative estimate of drug-likeness (QED) is 0.803. The Kier molecular flexibility index (Phi) is 4.81. The lowest BCUT2D eigenvalue weighted by Gasteiger charge is -2.26. The summed E-state index contributed by atoms with van der Waals surface area (Å²) in [5, 5.41) is 3.33. The van der Waals surface area contributed by atoms with E-state index >= 15 is 0 Å². The summed E-state index contributed by atoms with van der Waals surface area (Å²) < 4.78 is 2.10. The van der Waals surface area contributed by atoms with Gasteiger partial charge in [-0.15, -0.1) is 0 Å². The number of hydrogen-bond donors (Lipinski definition) is 1. The van der Waals surface area contributed by atoms with Crippen LogP contribution in [0.15, 0.2) is 18.3 Å². The molecule has 1 amide bonds. The van der Waals surface area contributed by atoms with Crippen LogP contribution in [-0.4, -0.2) is 35.0 Å². The van der Waals surface area contributed by atoms with E-state index in [4.69, 9.17) is 0 Å². The van der Waals surface area contributed by atoms with Crippen LogP contribution in [0.3, 0.4) is 0 Å². The molecule has 0 spiro atoms. The van der Waals surface area contributed by atoms with E-state index in [-0.39, 0.29) is 0 Å². The molecule has 0 unspecified atom stereocenters. The highest BCUT2D eigenvalue weighted by Crippen LogP contribution is 2.09. The third kappa shape index (κ3) is 3.60. The topological polar surface area (TPSA) is 37.3 Å². The maximum Gasteiger partial charge on any atom is 0.223 e. The summed E-state index contributed by atoms with van der Waals surface area (Å²) >= 11 is 0. The van der Waals surface area contributed by atoms with Gasteiger partial charge in [-0.25, -0.2) is 0 Å². The van der Waals surface area contributed by atoms with E-state index in [9.17, 15) is 4.79 Å². The molecule has 0 radical (unpaired) electrons. The average molecular weight is 249 g/mol. The van der Waals surface area contributed by atoms with Crippen molar-refractivity contribution in [1.29, 1.82) is 0 Å². The highest BCUT2D eigenvalue weighted by Gasteiger charge is 2.15. The summed E-state index contributed by atoms with van der Waals surface area (Å²) in [5.74, 6) is 0.300. The molecule has 2 rings (SSSR count). The van der Waals surface area contributed by atoms with Crippen LogP contribution in [0.1, 0.15) is 31.4 Å². The van der Waals surface area contributed by atoms with Gasteiger partial charge in [0, 0.05) is 51.5 Å². The van der Waals surface area contributed by atoms with E-state index in [1.54, 1.807) is 0 Å².